The van der Waals surface area contributed by atoms with E-state index in [1.807, 2.05) is 31.2 Å². The van der Waals surface area contributed by atoms with Crippen molar-refractivity contribution in [3.05, 3.63) is 35.4 Å². The molecule has 0 heterocycles. The van der Waals surface area contributed by atoms with Crippen LogP contribution in [0.2, 0.25) is 0 Å². The minimum Gasteiger partial charge on any atom is -0.481 e. The Hall–Kier alpha value is -1.35. The van der Waals surface area contributed by atoms with Crippen LogP contribution in [-0.4, -0.2) is 22.3 Å². The molecule has 1 rings (SSSR count). The van der Waals surface area contributed by atoms with Crippen molar-refractivity contribution in [2.45, 2.75) is 32.3 Å². The number of aryl methyl sites for hydroxylation is 1. The molecule has 0 bridgehead atoms. The summed E-state index contributed by atoms with van der Waals surface area (Å²) in [5, 5.41) is 18.0. The maximum Gasteiger partial charge on any atom is 0.303 e. The Bertz CT molecular complexity index is 316. The second-order valence-corrected chi connectivity index (χ2v) is 3.78. The smallest absolute Gasteiger partial charge is 0.303 e. The Kier molecular flexibility index (Phi) is 4.31. The van der Waals surface area contributed by atoms with Crippen molar-refractivity contribution in [1.82, 2.24) is 0 Å². The minimum atomic E-state index is -0.863. The standard InChI is InChI=1S/C12H16O3/c1-9-2-4-10(5-3-9)8-11(13)6-7-12(14)15/h2-5,11,13H,6-8H2,1H3,(H,14,15). The molecular weight excluding hydrogens is 192 g/mol. The minimum absolute atomic E-state index is 0.0209. The van der Waals surface area contributed by atoms with Crippen molar-refractivity contribution in [2.24, 2.45) is 0 Å². The number of carbonyl (C=O) groups is 1. The number of aliphatic hydroxyl groups is 1. The molecule has 1 aromatic carbocycles. The van der Waals surface area contributed by atoms with Crippen molar-refractivity contribution < 1.29 is 15.0 Å². The van der Waals surface area contributed by atoms with Crippen LogP contribution in [0.4, 0.5) is 0 Å². The van der Waals surface area contributed by atoms with Crippen LogP contribution in [0.1, 0.15) is 24.0 Å². The highest BCUT2D eigenvalue weighted by molar-refractivity contribution is 5.66. The quantitative estimate of drug-likeness (QED) is 0.775. The van der Waals surface area contributed by atoms with E-state index in [1.165, 1.54) is 5.56 Å². The molecule has 0 saturated heterocycles. The number of hydrogen-bond acceptors (Lipinski definition) is 2. The number of carboxylic acids is 1. The van der Waals surface area contributed by atoms with Crippen molar-refractivity contribution in [3.8, 4) is 0 Å². The van der Waals surface area contributed by atoms with Gasteiger partial charge >= 0.3 is 5.97 Å². The lowest BCUT2D eigenvalue weighted by molar-refractivity contribution is -0.137. The third kappa shape index (κ3) is 4.61. The molecule has 0 spiro atoms. The molecule has 0 aromatic heterocycles. The predicted molar refractivity (Wildman–Crippen MR) is 57.8 cm³/mol. The summed E-state index contributed by atoms with van der Waals surface area (Å²) in [5.74, 6) is -0.863. The van der Waals surface area contributed by atoms with Gasteiger partial charge in [-0.2, -0.15) is 0 Å². The Morgan fingerprint density at radius 2 is 1.93 bits per heavy atom. The zero-order valence-corrected chi connectivity index (χ0v) is 8.81. The van der Waals surface area contributed by atoms with Gasteiger partial charge in [0.15, 0.2) is 0 Å². The summed E-state index contributed by atoms with van der Waals surface area (Å²) in [5.41, 5.74) is 2.22. The third-order valence-corrected chi connectivity index (χ3v) is 2.28. The highest BCUT2D eigenvalue weighted by atomic mass is 16.4. The van der Waals surface area contributed by atoms with E-state index in [4.69, 9.17) is 5.11 Å². The Morgan fingerprint density at radius 1 is 1.33 bits per heavy atom. The lowest BCUT2D eigenvalue weighted by atomic mass is 10.0. The van der Waals surface area contributed by atoms with E-state index in [0.29, 0.717) is 12.8 Å². The second kappa shape index (κ2) is 5.51. The maximum absolute atomic E-state index is 10.3. The summed E-state index contributed by atoms with van der Waals surface area (Å²) < 4.78 is 0. The number of carboxylic acid groups (broad SMARTS) is 1. The molecule has 0 fully saturated rings. The molecule has 1 aromatic rings. The fourth-order valence-corrected chi connectivity index (χ4v) is 1.39. The van der Waals surface area contributed by atoms with Gasteiger partial charge in [-0.25, -0.2) is 0 Å². The first-order chi connectivity index (χ1) is 7.08. The lowest BCUT2D eigenvalue weighted by Crippen LogP contribution is -2.12. The number of benzene rings is 1. The van der Waals surface area contributed by atoms with Crippen LogP contribution in [0, 0.1) is 6.92 Å². The lowest BCUT2D eigenvalue weighted by Gasteiger charge is -2.09. The second-order valence-electron chi connectivity index (χ2n) is 3.78. The van der Waals surface area contributed by atoms with Gasteiger partial charge in [-0.05, 0) is 25.3 Å². The van der Waals surface area contributed by atoms with E-state index in [9.17, 15) is 9.90 Å². The molecule has 0 aliphatic rings. The summed E-state index contributed by atoms with van der Waals surface area (Å²) in [6, 6.07) is 7.89. The van der Waals surface area contributed by atoms with Crippen LogP contribution in [0.25, 0.3) is 0 Å². The monoisotopic (exact) mass is 208 g/mol. The first kappa shape index (κ1) is 11.7. The van der Waals surface area contributed by atoms with Gasteiger partial charge in [0, 0.05) is 6.42 Å². The summed E-state index contributed by atoms with van der Waals surface area (Å²) in [6.45, 7) is 2.00. The highest BCUT2D eigenvalue weighted by Crippen LogP contribution is 2.09. The van der Waals surface area contributed by atoms with E-state index in [-0.39, 0.29) is 6.42 Å². The van der Waals surface area contributed by atoms with Gasteiger partial charge in [0.2, 0.25) is 0 Å². The molecule has 0 saturated carbocycles. The van der Waals surface area contributed by atoms with Gasteiger partial charge in [-0.15, -0.1) is 0 Å². The Morgan fingerprint density at radius 3 is 2.47 bits per heavy atom. The summed E-state index contributed by atoms with van der Waals surface area (Å²) >= 11 is 0. The summed E-state index contributed by atoms with van der Waals surface area (Å²) in [7, 11) is 0. The summed E-state index contributed by atoms with van der Waals surface area (Å²) in [6.07, 6.45) is 0.285. The number of rotatable bonds is 5. The third-order valence-electron chi connectivity index (χ3n) is 2.28. The largest absolute Gasteiger partial charge is 0.481 e. The van der Waals surface area contributed by atoms with E-state index in [1.54, 1.807) is 0 Å². The SMILES string of the molecule is Cc1ccc(CC(O)CCC(=O)O)cc1. The molecular formula is C12H16O3. The van der Waals surface area contributed by atoms with Gasteiger partial charge < -0.3 is 10.2 Å². The molecule has 0 radical (unpaired) electrons. The van der Waals surface area contributed by atoms with Crippen LogP contribution in [0.15, 0.2) is 24.3 Å². The molecule has 1 atom stereocenters. The van der Waals surface area contributed by atoms with Gasteiger partial charge in [0.1, 0.15) is 0 Å². The van der Waals surface area contributed by atoms with E-state index in [2.05, 4.69) is 0 Å². The molecule has 3 heteroatoms. The molecule has 0 aliphatic carbocycles. The molecule has 15 heavy (non-hydrogen) atoms. The molecule has 3 nitrogen and oxygen atoms in total. The molecule has 82 valence electrons. The topological polar surface area (TPSA) is 57.5 Å². The van der Waals surface area contributed by atoms with Gasteiger partial charge in [0.05, 0.1) is 6.10 Å². The van der Waals surface area contributed by atoms with Crippen molar-refractivity contribution in [3.63, 3.8) is 0 Å². The number of hydrogen-bond donors (Lipinski definition) is 2. The van der Waals surface area contributed by atoms with E-state index >= 15 is 0 Å². The first-order valence-corrected chi connectivity index (χ1v) is 5.03. The normalized spacial score (nSPS) is 12.4. The Balaban J connectivity index is 2.40. The average Bonchev–Trinajstić information content (AvgIpc) is 2.19. The van der Waals surface area contributed by atoms with Crippen LogP contribution < -0.4 is 0 Å². The van der Waals surface area contributed by atoms with Crippen molar-refractivity contribution >= 4 is 5.97 Å². The summed E-state index contributed by atoms with van der Waals surface area (Å²) in [4.78, 5) is 10.3. The van der Waals surface area contributed by atoms with E-state index in [0.717, 1.165) is 5.56 Å². The van der Waals surface area contributed by atoms with Gasteiger partial charge in [-0.3, -0.25) is 4.79 Å². The molecule has 0 aliphatic heterocycles. The molecule has 2 N–H and O–H groups in total. The molecule has 0 amide bonds. The average molecular weight is 208 g/mol. The van der Waals surface area contributed by atoms with E-state index < -0.39 is 12.1 Å². The Labute approximate surface area is 89.4 Å². The maximum atomic E-state index is 10.3. The first-order valence-electron chi connectivity index (χ1n) is 5.03. The van der Waals surface area contributed by atoms with Crippen LogP contribution in [-0.2, 0) is 11.2 Å². The zero-order chi connectivity index (χ0) is 11.3. The van der Waals surface area contributed by atoms with Gasteiger partial charge in [-0.1, -0.05) is 29.8 Å². The van der Waals surface area contributed by atoms with Crippen molar-refractivity contribution in [2.75, 3.05) is 0 Å². The number of aliphatic hydroxyl groups excluding tert-OH is 1. The highest BCUT2D eigenvalue weighted by Gasteiger charge is 2.07. The van der Waals surface area contributed by atoms with Gasteiger partial charge in [0.25, 0.3) is 0 Å². The zero-order valence-electron chi connectivity index (χ0n) is 8.81. The van der Waals surface area contributed by atoms with Crippen molar-refractivity contribution in [1.29, 1.82) is 0 Å². The predicted octanol–water partition coefficient (Wildman–Crippen LogP) is 1.76. The van der Waals surface area contributed by atoms with Crippen LogP contribution in [0.5, 0.6) is 0 Å². The fourth-order valence-electron chi connectivity index (χ4n) is 1.39. The molecule has 1 unspecified atom stereocenters. The van der Waals surface area contributed by atoms with Crippen LogP contribution in [0.3, 0.4) is 0 Å². The fraction of sp³-hybridized carbons (Fsp3) is 0.417. The number of aliphatic carboxylic acids is 1. The van der Waals surface area contributed by atoms with Crippen LogP contribution >= 0.6 is 0 Å².